The summed E-state index contributed by atoms with van der Waals surface area (Å²) in [5.41, 5.74) is 9.54. The van der Waals surface area contributed by atoms with E-state index < -0.39 is 0 Å². The van der Waals surface area contributed by atoms with Gasteiger partial charge < -0.3 is 0 Å². The standard InChI is InChI=1S/C31H48/c1-21(19-22-17-15-14-16-18-22)23-20-24(28(2,3)4)26(30(8,9)10)27(31(11,12)13)25(23)29(5,6)7/h14-18,20-21H,19H2,1-13H3. The zero-order chi connectivity index (χ0) is 24.0. The van der Waals surface area contributed by atoms with Crippen molar-refractivity contribution in [3.63, 3.8) is 0 Å². The Hall–Kier alpha value is -1.56. The molecule has 2 rings (SSSR count). The molecule has 0 heterocycles. The van der Waals surface area contributed by atoms with Crippen LogP contribution in [0.4, 0.5) is 0 Å². The van der Waals surface area contributed by atoms with Crippen molar-refractivity contribution < 1.29 is 0 Å². The Morgan fingerprint density at radius 2 is 1.03 bits per heavy atom. The third kappa shape index (κ3) is 5.82. The summed E-state index contributed by atoms with van der Waals surface area (Å²) < 4.78 is 0. The molecule has 31 heavy (non-hydrogen) atoms. The zero-order valence-electron chi connectivity index (χ0n) is 22.7. The average molecular weight is 421 g/mol. The number of rotatable bonds is 3. The van der Waals surface area contributed by atoms with Gasteiger partial charge in [-0.1, -0.05) is 126 Å². The highest BCUT2D eigenvalue weighted by Gasteiger charge is 2.38. The highest BCUT2D eigenvalue weighted by atomic mass is 14.4. The van der Waals surface area contributed by atoms with Crippen LogP contribution < -0.4 is 0 Å². The van der Waals surface area contributed by atoms with Crippen LogP contribution in [0.2, 0.25) is 0 Å². The summed E-state index contributed by atoms with van der Waals surface area (Å²) in [6.45, 7) is 31.2. The fourth-order valence-electron chi connectivity index (χ4n) is 5.10. The molecule has 1 atom stereocenters. The van der Waals surface area contributed by atoms with Gasteiger partial charge in [0.15, 0.2) is 0 Å². The molecular weight excluding hydrogens is 372 g/mol. The van der Waals surface area contributed by atoms with Crippen LogP contribution in [0.15, 0.2) is 36.4 Å². The monoisotopic (exact) mass is 420 g/mol. The molecule has 2 aromatic rings. The third-order valence-electron chi connectivity index (χ3n) is 6.33. The van der Waals surface area contributed by atoms with Crippen molar-refractivity contribution in [1.82, 2.24) is 0 Å². The lowest BCUT2D eigenvalue weighted by Gasteiger charge is -2.42. The van der Waals surface area contributed by atoms with Crippen LogP contribution in [-0.2, 0) is 28.1 Å². The molecule has 0 saturated carbocycles. The lowest BCUT2D eigenvalue weighted by molar-refractivity contribution is 0.470. The van der Waals surface area contributed by atoms with Gasteiger partial charge in [-0.25, -0.2) is 0 Å². The molecule has 0 amide bonds. The minimum Gasteiger partial charge on any atom is -0.0622 e. The molecular formula is C31H48. The van der Waals surface area contributed by atoms with Crippen molar-refractivity contribution in [3.8, 4) is 0 Å². The van der Waals surface area contributed by atoms with Crippen LogP contribution in [-0.4, -0.2) is 0 Å². The van der Waals surface area contributed by atoms with E-state index in [0.717, 1.165) is 6.42 Å². The first-order valence-electron chi connectivity index (χ1n) is 12.1. The maximum Gasteiger partial charge on any atom is -0.0126 e. The van der Waals surface area contributed by atoms with Gasteiger partial charge in [0.05, 0.1) is 0 Å². The van der Waals surface area contributed by atoms with E-state index in [1.165, 1.54) is 11.1 Å². The Bertz CT molecular complexity index is 885. The lowest BCUT2D eigenvalue weighted by atomic mass is 9.62. The fourth-order valence-corrected chi connectivity index (χ4v) is 5.10. The zero-order valence-corrected chi connectivity index (χ0v) is 22.7. The highest BCUT2D eigenvalue weighted by molar-refractivity contribution is 5.57. The van der Waals surface area contributed by atoms with Gasteiger partial charge in [-0.2, -0.15) is 0 Å². The topological polar surface area (TPSA) is 0 Å². The van der Waals surface area contributed by atoms with Crippen molar-refractivity contribution in [2.75, 3.05) is 0 Å². The van der Waals surface area contributed by atoms with Crippen LogP contribution in [0, 0.1) is 0 Å². The Kier molecular flexibility index (Phi) is 6.98. The molecule has 2 aromatic carbocycles. The molecule has 0 radical (unpaired) electrons. The summed E-state index contributed by atoms with van der Waals surface area (Å²) in [5, 5.41) is 0. The van der Waals surface area contributed by atoms with E-state index in [4.69, 9.17) is 0 Å². The van der Waals surface area contributed by atoms with E-state index in [9.17, 15) is 0 Å². The van der Waals surface area contributed by atoms with Crippen molar-refractivity contribution >= 4 is 0 Å². The molecule has 0 spiro atoms. The van der Waals surface area contributed by atoms with Crippen LogP contribution in [0.1, 0.15) is 129 Å². The van der Waals surface area contributed by atoms with Gasteiger partial charge in [-0.05, 0) is 67.4 Å². The Labute approximate surface area is 193 Å². The normalized spacial score (nSPS) is 14.6. The summed E-state index contributed by atoms with van der Waals surface area (Å²) >= 11 is 0. The summed E-state index contributed by atoms with van der Waals surface area (Å²) in [6.07, 6.45) is 1.08. The first-order chi connectivity index (χ1) is 13.8. The van der Waals surface area contributed by atoms with Crippen molar-refractivity contribution in [3.05, 3.63) is 69.8 Å². The molecule has 0 aliphatic heterocycles. The smallest absolute Gasteiger partial charge is 0.0126 e. The number of hydrogen-bond donors (Lipinski definition) is 0. The van der Waals surface area contributed by atoms with Gasteiger partial charge in [0.2, 0.25) is 0 Å². The number of hydrogen-bond acceptors (Lipinski definition) is 0. The molecule has 0 aliphatic rings. The van der Waals surface area contributed by atoms with Crippen molar-refractivity contribution in [2.45, 2.75) is 124 Å². The Balaban J connectivity index is 2.99. The van der Waals surface area contributed by atoms with Crippen LogP contribution in [0.25, 0.3) is 0 Å². The van der Waals surface area contributed by atoms with E-state index in [0.29, 0.717) is 5.92 Å². The molecule has 0 heteroatoms. The van der Waals surface area contributed by atoms with E-state index in [1.807, 2.05) is 0 Å². The summed E-state index contributed by atoms with van der Waals surface area (Å²) in [4.78, 5) is 0. The van der Waals surface area contributed by atoms with E-state index >= 15 is 0 Å². The molecule has 0 N–H and O–H groups in total. The van der Waals surface area contributed by atoms with Crippen LogP contribution in [0.5, 0.6) is 0 Å². The Morgan fingerprint density at radius 3 is 1.42 bits per heavy atom. The molecule has 0 aromatic heterocycles. The second-order valence-electron chi connectivity index (χ2n) is 13.7. The predicted octanol–water partition coefficient (Wildman–Crippen LogP) is 9.22. The molecule has 0 saturated heterocycles. The van der Waals surface area contributed by atoms with Gasteiger partial charge in [-0.15, -0.1) is 0 Å². The molecule has 0 aliphatic carbocycles. The Morgan fingerprint density at radius 1 is 0.581 bits per heavy atom. The molecule has 0 fully saturated rings. The van der Waals surface area contributed by atoms with E-state index in [1.54, 1.807) is 22.3 Å². The third-order valence-corrected chi connectivity index (χ3v) is 6.33. The summed E-state index contributed by atoms with van der Waals surface area (Å²) in [5.74, 6) is 0.466. The van der Waals surface area contributed by atoms with Crippen molar-refractivity contribution in [1.29, 1.82) is 0 Å². The molecule has 0 bridgehead atoms. The predicted molar refractivity (Wildman–Crippen MR) is 140 cm³/mol. The quantitative estimate of drug-likeness (QED) is 0.464. The summed E-state index contributed by atoms with van der Waals surface area (Å²) in [7, 11) is 0. The summed E-state index contributed by atoms with van der Waals surface area (Å²) in [6, 6.07) is 13.6. The second kappa shape index (κ2) is 8.42. The van der Waals surface area contributed by atoms with Crippen molar-refractivity contribution in [2.24, 2.45) is 0 Å². The fraction of sp³-hybridized carbons (Fsp3) is 0.613. The minimum atomic E-state index is 0.0771. The van der Waals surface area contributed by atoms with E-state index in [-0.39, 0.29) is 21.7 Å². The first-order valence-corrected chi connectivity index (χ1v) is 12.1. The van der Waals surface area contributed by atoms with Crippen LogP contribution in [0.3, 0.4) is 0 Å². The minimum absolute atomic E-state index is 0.0771. The lowest BCUT2D eigenvalue weighted by Crippen LogP contribution is -2.33. The SMILES string of the molecule is CC(Cc1ccccc1)c1cc(C(C)(C)C)c(C(C)(C)C)c(C(C)(C)C)c1C(C)(C)C. The largest absolute Gasteiger partial charge is 0.0622 e. The second-order valence-corrected chi connectivity index (χ2v) is 13.7. The van der Waals surface area contributed by atoms with Crippen LogP contribution >= 0.6 is 0 Å². The maximum absolute atomic E-state index is 2.59. The van der Waals surface area contributed by atoms with Gasteiger partial charge in [0.1, 0.15) is 0 Å². The van der Waals surface area contributed by atoms with Gasteiger partial charge in [0, 0.05) is 0 Å². The van der Waals surface area contributed by atoms with Gasteiger partial charge in [-0.3, -0.25) is 0 Å². The molecule has 1 unspecified atom stereocenters. The highest BCUT2D eigenvalue weighted by Crippen LogP contribution is 2.48. The average Bonchev–Trinajstić information content (AvgIpc) is 2.57. The van der Waals surface area contributed by atoms with Gasteiger partial charge in [0.25, 0.3) is 0 Å². The van der Waals surface area contributed by atoms with Gasteiger partial charge >= 0.3 is 0 Å². The maximum atomic E-state index is 2.59. The number of benzene rings is 2. The first kappa shape index (κ1) is 25.7. The van der Waals surface area contributed by atoms with E-state index in [2.05, 4.69) is 126 Å². The molecule has 0 nitrogen and oxygen atoms in total. The molecule has 172 valence electrons.